The number of benzene rings is 1. The van der Waals surface area contributed by atoms with E-state index in [1.165, 1.54) is 0 Å². The highest BCUT2D eigenvalue weighted by Crippen LogP contribution is 2.22. The van der Waals surface area contributed by atoms with E-state index in [1.54, 1.807) is 31.4 Å². The molecule has 5 heteroatoms. The smallest absolute Gasteiger partial charge is 0.253 e. The highest BCUT2D eigenvalue weighted by Gasteiger charge is 2.36. The molecule has 1 aliphatic heterocycles. The molecule has 1 N–H and O–H groups in total. The molecular formula is C15H22N2O3. The van der Waals surface area contributed by atoms with Crippen LogP contribution in [0.15, 0.2) is 24.3 Å². The molecule has 0 bridgehead atoms. The van der Waals surface area contributed by atoms with Gasteiger partial charge in [0.2, 0.25) is 0 Å². The van der Waals surface area contributed by atoms with Crippen LogP contribution in [0.5, 0.6) is 5.75 Å². The minimum absolute atomic E-state index is 0.00968. The highest BCUT2D eigenvalue weighted by atomic mass is 16.5. The summed E-state index contributed by atoms with van der Waals surface area (Å²) < 4.78 is 5.09. The Kier molecular flexibility index (Phi) is 4.62. The zero-order chi connectivity index (χ0) is 14.7. The standard InChI is InChI=1S/C15H22N2O3/c1-16(2)14-9-17(8-12(14)10-18)15(19)11-4-6-13(20-3)7-5-11/h4-7,12,14,18H,8-10H2,1-3H3/t12-,14+/m0/s1. The molecule has 0 radical (unpaired) electrons. The molecule has 0 saturated carbocycles. The Balaban J connectivity index is 2.09. The van der Waals surface area contributed by atoms with Crippen molar-refractivity contribution in [1.29, 1.82) is 0 Å². The summed E-state index contributed by atoms with van der Waals surface area (Å²) in [5.74, 6) is 0.866. The van der Waals surface area contributed by atoms with Crippen LogP contribution in [0.2, 0.25) is 0 Å². The predicted octanol–water partition coefficient (Wildman–Crippen LogP) is 0.690. The second kappa shape index (κ2) is 6.24. The number of rotatable bonds is 4. The number of likely N-dealkylation sites (tertiary alicyclic amines) is 1. The number of amides is 1. The lowest BCUT2D eigenvalue weighted by atomic mass is 10.0. The van der Waals surface area contributed by atoms with E-state index in [-0.39, 0.29) is 24.5 Å². The van der Waals surface area contributed by atoms with E-state index in [0.717, 1.165) is 5.75 Å². The Hall–Kier alpha value is -1.59. The van der Waals surface area contributed by atoms with Gasteiger partial charge in [0.1, 0.15) is 5.75 Å². The molecule has 1 fully saturated rings. The summed E-state index contributed by atoms with van der Waals surface area (Å²) in [6.07, 6.45) is 0. The van der Waals surface area contributed by atoms with Gasteiger partial charge in [-0.25, -0.2) is 0 Å². The SMILES string of the molecule is COc1ccc(C(=O)N2C[C@@H](CO)[C@H](N(C)C)C2)cc1. The van der Waals surface area contributed by atoms with Crippen LogP contribution in [0.4, 0.5) is 0 Å². The van der Waals surface area contributed by atoms with Crippen LogP contribution in [-0.2, 0) is 0 Å². The molecule has 1 aromatic carbocycles. The highest BCUT2D eigenvalue weighted by molar-refractivity contribution is 5.94. The molecule has 1 aromatic rings. The van der Waals surface area contributed by atoms with Crippen molar-refractivity contribution in [3.05, 3.63) is 29.8 Å². The minimum Gasteiger partial charge on any atom is -0.497 e. The van der Waals surface area contributed by atoms with Crippen molar-refractivity contribution in [2.75, 3.05) is 40.9 Å². The third kappa shape index (κ3) is 2.94. The maximum Gasteiger partial charge on any atom is 0.253 e. The molecule has 0 spiro atoms. The minimum atomic E-state index is 0.00968. The molecule has 1 amide bonds. The summed E-state index contributed by atoms with van der Waals surface area (Å²) in [5, 5.41) is 9.44. The Morgan fingerprint density at radius 3 is 2.45 bits per heavy atom. The summed E-state index contributed by atoms with van der Waals surface area (Å²) in [6.45, 7) is 1.36. The van der Waals surface area contributed by atoms with E-state index in [9.17, 15) is 9.90 Å². The van der Waals surface area contributed by atoms with E-state index in [0.29, 0.717) is 18.7 Å². The average Bonchev–Trinajstić information content (AvgIpc) is 2.91. The van der Waals surface area contributed by atoms with Gasteiger partial charge in [-0.2, -0.15) is 0 Å². The number of hydrogen-bond donors (Lipinski definition) is 1. The first kappa shape index (κ1) is 14.8. The van der Waals surface area contributed by atoms with Crippen LogP contribution in [-0.4, -0.2) is 67.8 Å². The Morgan fingerprint density at radius 2 is 2.00 bits per heavy atom. The van der Waals surface area contributed by atoms with Gasteiger partial charge in [0.25, 0.3) is 5.91 Å². The number of nitrogens with zero attached hydrogens (tertiary/aromatic N) is 2. The van der Waals surface area contributed by atoms with Crippen molar-refractivity contribution in [2.24, 2.45) is 5.92 Å². The van der Waals surface area contributed by atoms with Gasteiger partial charge in [-0.3, -0.25) is 4.79 Å². The van der Waals surface area contributed by atoms with Gasteiger partial charge in [-0.15, -0.1) is 0 Å². The molecule has 5 nitrogen and oxygen atoms in total. The Labute approximate surface area is 119 Å². The van der Waals surface area contributed by atoms with Crippen LogP contribution < -0.4 is 4.74 Å². The van der Waals surface area contributed by atoms with Gasteiger partial charge < -0.3 is 19.6 Å². The first-order valence-electron chi connectivity index (χ1n) is 6.77. The number of carbonyl (C=O) groups is 1. The van der Waals surface area contributed by atoms with Crippen molar-refractivity contribution < 1.29 is 14.6 Å². The summed E-state index contributed by atoms with van der Waals surface area (Å²) in [7, 11) is 5.56. The molecule has 1 saturated heterocycles. The van der Waals surface area contributed by atoms with E-state index in [1.807, 2.05) is 19.0 Å². The Morgan fingerprint density at radius 1 is 1.35 bits per heavy atom. The van der Waals surface area contributed by atoms with Crippen molar-refractivity contribution in [3.63, 3.8) is 0 Å². The molecule has 2 atom stereocenters. The van der Waals surface area contributed by atoms with Gasteiger partial charge >= 0.3 is 0 Å². The topological polar surface area (TPSA) is 53.0 Å². The fourth-order valence-electron chi connectivity index (χ4n) is 2.70. The maximum absolute atomic E-state index is 12.5. The number of methoxy groups -OCH3 is 1. The zero-order valence-corrected chi connectivity index (χ0v) is 12.2. The lowest BCUT2D eigenvalue weighted by Crippen LogP contribution is -2.37. The first-order valence-corrected chi connectivity index (χ1v) is 6.77. The average molecular weight is 278 g/mol. The van der Waals surface area contributed by atoms with Crippen molar-refractivity contribution >= 4 is 5.91 Å². The molecule has 20 heavy (non-hydrogen) atoms. The lowest BCUT2D eigenvalue weighted by molar-refractivity contribution is 0.0779. The second-order valence-electron chi connectivity index (χ2n) is 5.41. The largest absolute Gasteiger partial charge is 0.497 e. The van der Waals surface area contributed by atoms with Crippen molar-refractivity contribution in [2.45, 2.75) is 6.04 Å². The maximum atomic E-state index is 12.5. The first-order chi connectivity index (χ1) is 9.56. The van der Waals surface area contributed by atoms with Crippen molar-refractivity contribution in [1.82, 2.24) is 9.80 Å². The van der Waals surface area contributed by atoms with Crippen LogP contribution >= 0.6 is 0 Å². The monoisotopic (exact) mass is 278 g/mol. The molecular weight excluding hydrogens is 256 g/mol. The summed E-state index contributed by atoms with van der Waals surface area (Å²) in [4.78, 5) is 16.3. The molecule has 1 aliphatic rings. The third-order valence-corrected chi connectivity index (χ3v) is 3.93. The fourth-order valence-corrected chi connectivity index (χ4v) is 2.70. The second-order valence-corrected chi connectivity index (χ2v) is 5.41. The van der Waals surface area contributed by atoms with Gasteiger partial charge in [-0.1, -0.05) is 0 Å². The number of hydrogen-bond acceptors (Lipinski definition) is 4. The van der Waals surface area contributed by atoms with E-state index in [2.05, 4.69) is 4.90 Å². The number of likely N-dealkylation sites (N-methyl/N-ethyl adjacent to an activating group) is 1. The molecule has 0 aromatic heterocycles. The molecule has 0 aliphatic carbocycles. The van der Waals surface area contributed by atoms with E-state index < -0.39 is 0 Å². The molecule has 1 heterocycles. The van der Waals surface area contributed by atoms with E-state index in [4.69, 9.17) is 4.74 Å². The van der Waals surface area contributed by atoms with Gasteiger partial charge in [0.05, 0.1) is 7.11 Å². The number of carbonyl (C=O) groups excluding carboxylic acids is 1. The molecule has 0 unspecified atom stereocenters. The van der Waals surface area contributed by atoms with Crippen molar-refractivity contribution in [3.8, 4) is 5.75 Å². The zero-order valence-electron chi connectivity index (χ0n) is 12.2. The summed E-state index contributed by atoms with van der Waals surface area (Å²) in [6, 6.07) is 7.34. The van der Waals surface area contributed by atoms with Crippen LogP contribution in [0.25, 0.3) is 0 Å². The fraction of sp³-hybridized carbons (Fsp3) is 0.533. The van der Waals surface area contributed by atoms with Crippen LogP contribution in [0, 0.1) is 5.92 Å². The quantitative estimate of drug-likeness (QED) is 0.880. The lowest BCUT2D eigenvalue weighted by Gasteiger charge is -2.23. The summed E-state index contributed by atoms with van der Waals surface area (Å²) in [5.41, 5.74) is 0.655. The molecule has 110 valence electrons. The summed E-state index contributed by atoms with van der Waals surface area (Å²) >= 11 is 0. The number of aliphatic hydroxyl groups excluding tert-OH is 1. The predicted molar refractivity (Wildman–Crippen MR) is 76.9 cm³/mol. The third-order valence-electron chi connectivity index (χ3n) is 3.93. The number of aliphatic hydroxyl groups is 1. The van der Waals surface area contributed by atoms with Crippen LogP contribution in [0.3, 0.4) is 0 Å². The van der Waals surface area contributed by atoms with Gasteiger partial charge in [0, 0.05) is 37.2 Å². The molecule has 2 rings (SSSR count). The normalized spacial score (nSPS) is 22.4. The Bertz CT molecular complexity index is 459. The number of ether oxygens (including phenoxy) is 1. The van der Waals surface area contributed by atoms with Gasteiger partial charge in [-0.05, 0) is 38.4 Å². The van der Waals surface area contributed by atoms with Gasteiger partial charge in [0.15, 0.2) is 0 Å². The van der Waals surface area contributed by atoms with E-state index >= 15 is 0 Å². The van der Waals surface area contributed by atoms with Crippen LogP contribution in [0.1, 0.15) is 10.4 Å².